The van der Waals surface area contributed by atoms with E-state index >= 15 is 0 Å². The van der Waals surface area contributed by atoms with E-state index in [1.165, 1.54) is 6.07 Å². The van der Waals surface area contributed by atoms with Crippen LogP contribution in [0, 0.1) is 0 Å². The summed E-state index contributed by atoms with van der Waals surface area (Å²) in [4.78, 5) is 0. The number of aliphatic hydroxyl groups excluding tert-OH is 1. The lowest BCUT2D eigenvalue weighted by atomic mass is 10.0. The third-order valence-corrected chi connectivity index (χ3v) is 2.28. The second-order valence-corrected chi connectivity index (χ2v) is 3.65. The molecule has 0 heterocycles. The first-order chi connectivity index (χ1) is 7.71. The molecule has 2 atom stereocenters. The summed E-state index contributed by atoms with van der Waals surface area (Å²) in [6, 6.07) is 1.13. The Hall–Kier alpha value is -1.47. The van der Waals surface area contributed by atoms with Crippen LogP contribution < -0.4 is 5.73 Å². The summed E-state index contributed by atoms with van der Waals surface area (Å²) < 4.78 is 36.4. The highest BCUT2D eigenvalue weighted by Crippen LogP contribution is 2.31. The van der Waals surface area contributed by atoms with E-state index < -0.39 is 36.2 Å². The number of aromatic hydroxyl groups is 2. The number of benzene rings is 1. The topological polar surface area (TPSA) is 86.7 Å². The number of halogens is 3. The average molecular weight is 251 g/mol. The Kier molecular flexibility index (Phi) is 3.84. The zero-order valence-corrected chi connectivity index (χ0v) is 8.65. The predicted octanol–water partition coefficient (Wildman–Crippen LogP) is 1.41. The molecule has 1 aromatic rings. The standard InChI is InChI=1S/C10H12F3NO3/c11-10(12,13)9(14)4-7(16)5-1-2-6(15)8(17)3-5/h1-3,7,9,15-17H,4,14H2/t7-,9+/m0/s1. The maximum Gasteiger partial charge on any atom is 0.403 e. The van der Waals surface area contributed by atoms with Gasteiger partial charge < -0.3 is 21.1 Å². The molecule has 0 bridgehead atoms. The van der Waals surface area contributed by atoms with E-state index in [9.17, 15) is 18.3 Å². The minimum atomic E-state index is -4.58. The van der Waals surface area contributed by atoms with Crippen LogP contribution in [0.1, 0.15) is 18.1 Å². The van der Waals surface area contributed by atoms with Crippen LogP contribution in [0.2, 0.25) is 0 Å². The fraction of sp³-hybridized carbons (Fsp3) is 0.400. The van der Waals surface area contributed by atoms with Gasteiger partial charge in [-0.05, 0) is 17.7 Å². The van der Waals surface area contributed by atoms with Gasteiger partial charge in [-0.15, -0.1) is 0 Å². The Balaban J connectivity index is 2.76. The fourth-order valence-corrected chi connectivity index (χ4v) is 1.26. The van der Waals surface area contributed by atoms with Crippen LogP contribution in [0.5, 0.6) is 11.5 Å². The molecule has 0 amide bonds. The zero-order chi connectivity index (χ0) is 13.2. The molecule has 0 spiro atoms. The average Bonchev–Trinajstić information content (AvgIpc) is 2.20. The summed E-state index contributed by atoms with van der Waals surface area (Å²) >= 11 is 0. The van der Waals surface area contributed by atoms with Gasteiger partial charge in [0.05, 0.1) is 6.10 Å². The van der Waals surface area contributed by atoms with Gasteiger partial charge in [-0.3, -0.25) is 0 Å². The number of alkyl halides is 3. The van der Waals surface area contributed by atoms with E-state index in [-0.39, 0.29) is 5.56 Å². The zero-order valence-electron chi connectivity index (χ0n) is 8.65. The molecule has 4 nitrogen and oxygen atoms in total. The number of aliphatic hydroxyl groups is 1. The number of nitrogens with two attached hydrogens (primary N) is 1. The molecule has 0 aliphatic carbocycles. The van der Waals surface area contributed by atoms with Crippen molar-refractivity contribution in [1.29, 1.82) is 0 Å². The minimum Gasteiger partial charge on any atom is -0.504 e. The van der Waals surface area contributed by atoms with Crippen molar-refractivity contribution < 1.29 is 28.5 Å². The minimum absolute atomic E-state index is 0.0556. The molecule has 96 valence electrons. The van der Waals surface area contributed by atoms with E-state index in [0.717, 1.165) is 12.1 Å². The number of phenols is 2. The highest BCUT2D eigenvalue weighted by Gasteiger charge is 2.38. The largest absolute Gasteiger partial charge is 0.504 e. The monoisotopic (exact) mass is 251 g/mol. The predicted molar refractivity (Wildman–Crippen MR) is 53.4 cm³/mol. The normalized spacial score (nSPS) is 15.6. The van der Waals surface area contributed by atoms with Gasteiger partial charge in [-0.2, -0.15) is 13.2 Å². The molecule has 17 heavy (non-hydrogen) atoms. The summed E-state index contributed by atoms with van der Waals surface area (Å²) in [5.74, 6) is -0.928. The first-order valence-electron chi connectivity index (χ1n) is 4.74. The Labute approximate surface area is 95.1 Å². The fourth-order valence-electron chi connectivity index (χ4n) is 1.26. The summed E-state index contributed by atoms with van der Waals surface area (Å²) in [5, 5.41) is 27.6. The number of rotatable bonds is 3. The summed E-state index contributed by atoms with van der Waals surface area (Å²) in [7, 11) is 0. The molecule has 0 fully saturated rings. The second kappa shape index (κ2) is 4.80. The molecule has 0 aromatic heterocycles. The van der Waals surface area contributed by atoms with Crippen molar-refractivity contribution in [3.05, 3.63) is 23.8 Å². The van der Waals surface area contributed by atoms with Gasteiger partial charge in [0.15, 0.2) is 11.5 Å². The molecular weight excluding hydrogens is 239 g/mol. The van der Waals surface area contributed by atoms with E-state index in [1.54, 1.807) is 0 Å². The number of hydrogen-bond donors (Lipinski definition) is 4. The molecule has 0 unspecified atom stereocenters. The van der Waals surface area contributed by atoms with Crippen molar-refractivity contribution in [2.24, 2.45) is 5.73 Å². The van der Waals surface area contributed by atoms with Gasteiger partial charge in [0.2, 0.25) is 0 Å². The molecule has 0 radical (unpaired) electrons. The quantitative estimate of drug-likeness (QED) is 0.612. The van der Waals surface area contributed by atoms with Crippen LogP contribution in [0.4, 0.5) is 13.2 Å². The third-order valence-electron chi connectivity index (χ3n) is 2.28. The van der Waals surface area contributed by atoms with E-state index in [4.69, 9.17) is 15.9 Å². The molecule has 0 aliphatic heterocycles. The van der Waals surface area contributed by atoms with Gasteiger partial charge in [-0.1, -0.05) is 6.07 Å². The molecule has 1 aromatic carbocycles. The van der Waals surface area contributed by atoms with Crippen LogP contribution in [0.15, 0.2) is 18.2 Å². The van der Waals surface area contributed by atoms with Crippen molar-refractivity contribution in [2.75, 3.05) is 0 Å². The van der Waals surface area contributed by atoms with Crippen LogP contribution in [0.3, 0.4) is 0 Å². The van der Waals surface area contributed by atoms with Crippen LogP contribution in [-0.2, 0) is 0 Å². The highest BCUT2D eigenvalue weighted by molar-refractivity contribution is 5.41. The van der Waals surface area contributed by atoms with Crippen LogP contribution >= 0.6 is 0 Å². The lowest BCUT2D eigenvalue weighted by Crippen LogP contribution is -2.38. The molecule has 0 saturated carbocycles. The van der Waals surface area contributed by atoms with E-state index in [0.29, 0.717) is 0 Å². The second-order valence-electron chi connectivity index (χ2n) is 3.65. The van der Waals surface area contributed by atoms with Crippen molar-refractivity contribution in [1.82, 2.24) is 0 Å². The number of hydrogen-bond acceptors (Lipinski definition) is 4. The Bertz CT molecular complexity index is 395. The van der Waals surface area contributed by atoms with Gasteiger partial charge >= 0.3 is 6.18 Å². The summed E-state index contributed by atoms with van der Waals surface area (Å²) in [5.41, 5.74) is 4.92. The third kappa shape index (κ3) is 3.50. The smallest absolute Gasteiger partial charge is 0.403 e. The maximum absolute atomic E-state index is 12.1. The van der Waals surface area contributed by atoms with Crippen molar-refractivity contribution in [3.8, 4) is 11.5 Å². The Morgan fingerprint density at radius 2 is 1.76 bits per heavy atom. The molecule has 0 saturated heterocycles. The maximum atomic E-state index is 12.1. The van der Waals surface area contributed by atoms with Crippen LogP contribution in [0.25, 0.3) is 0 Å². The first kappa shape index (κ1) is 13.6. The molecule has 5 N–H and O–H groups in total. The number of phenolic OH excluding ortho intramolecular Hbond substituents is 2. The molecular formula is C10H12F3NO3. The Morgan fingerprint density at radius 3 is 2.24 bits per heavy atom. The van der Waals surface area contributed by atoms with Crippen molar-refractivity contribution in [3.63, 3.8) is 0 Å². The lowest BCUT2D eigenvalue weighted by Gasteiger charge is -2.19. The first-order valence-corrected chi connectivity index (χ1v) is 4.74. The molecule has 7 heteroatoms. The van der Waals surface area contributed by atoms with E-state index in [2.05, 4.69) is 0 Å². The van der Waals surface area contributed by atoms with Gasteiger partial charge in [0.25, 0.3) is 0 Å². The summed E-state index contributed by atoms with van der Waals surface area (Å²) in [6.45, 7) is 0. The summed E-state index contributed by atoms with van der Waals surface area (Å²) in [6.07, 6.45) is -6.76. The van der Waals surface area contributed by atoms with Crippen molar-refractivity contribution >= 4 is 0 Å². The highest BCUT2D eigenvalue weighted by atomic mass is 19.4. The molecule has 0 aliphatic rings. The SMILES string of the molecule is N[C@H](C[C@H](O)c1ccc(O)c(O)c1)C(F)(F)F. The van der Waals surface area contributed by atoms with Gasteiger partial charge in [0, 0.05) is 6.42 Å². The molecule has 1 rings (SSSR count). The van der Waals surface area contributed by atoms with Crippen molar-refractivity contribution in [2.45, 2.75) is 24.7 Å². The van der Waals surface area contributed by atoms with E-state index in [1.807, 2.05) is 0 Å². The Morgan fingerprint density at radius 1 is 1.18 bits per heavy atom. The van der Waals surface area contributed by atoms with Gasteiger partial charge in [0.1, 0.15) is 6.04 Å². The lowest BCUT2D eigenvalue weighted by molar-refractivity contribution is -0.153. The van der Waals surface area contributed by atoms with Gasteiger partial charge in [-0.25, -0.2) is 0 Å². The van der Waals surface area contributed by atoms with Crippen LogP contribution in [-0.4, -0.2) is 27.5 Å².